The van der Waals surface area contributed by atoms with Gasteiger partial charge < -0.3 is 19.1 Å². The van der Waals surface area contributed by atoms with Crippen molar-refractivity contribution < 1.29 is 9.31 Å². The molecule has 10 heteroatoms. The highest BCUT2D eigenvalue weighted by Crippen LogP contribution is 2.42. The fraction of sp³-hybridized carbons (Fsp3) is 0.0612. The molecule has 0 amide bonds. The van der Waals surface area contributed by atoms with Crippen LogP contribution in [0.5, 0.6) is 0 Å². The molecule has 0 unspecified atom stereocenters. The van der Waals surface area contributed by atoms with E-state index >= 15 is 0 Å². The number of halogens is 1. The maximum Gasteiger partial charge on any atom is 0.494 e. The first kappa shape index (κ1) is 68.2. The van der Waals surface area contributed by atoms with Gasteiger partial charge in [0.1, 0.15) is 0 Å². The molecule has 16 aromatic carbocycles. The second kappa shape index (κ2) is 29.6. The topological polar surface area (TPSA) is 76.5 Å². The molecule has 1 fully saturated rings. The van der Waals surface area contributed by atoms with E-state index in [1.165, 1.54) is 43.8 Å². The lowest BCUT2D eigenvalue weighted by molar-refractivity contribution is 0.00578. The van der Waals surface area contributed by atoms with Gasteiger partial charge in [0, 0.05) is 71.8 Å². The third-order valence-electron chi connectivity index (χ3n) is 20.8. The van der Waals surface area contributed by atoms with Crippen LogP contribution in [0.25, 0.3) is 121 Å². The van der Waals surface area contributed by atoms with Crippen molar-refractivity contribution in [2.45, 2.75) is 38.9 Å². The van der Waals surface area contributed by atoms with Gasteiger partial charge in [-0.25, -0.2) is 9.97 Å². The number of aromatic nitrogens is 4. The summed E-state index contributed by atoms with van der Waals surface area (Å²) >= 11 is 6.08. The van der Waals surface area contributed by atoms with Crippen molar-refractivity contribution in [3.63, 3.8) is 0 Å². The highest BCUT2D eigenvalue weighted by molar-refractivity contribution is 6.62. The van der Waals surface area contributed by atoms with Crippen LogP contribution >= 0.6 is 11.6 Å². The highest BCUT2D eigenvalue weighted by atomic mass is 35.5. The summed E-state index contributed by atoms with van der Waals surface area (Å²) in [6.07, 6.45) is 3.78. The summed E-state index contributed by atoms with van der Waals surface area (Å²) in [5.41, 5.74) is 21.4. The minimum absolute atomic E-state index is 0.379. The molecule has 0 N–H and O–H groups in total. The van der Waals surface area contributed by atoms with E-state index in [1.54, 1.807) is 0 Å². The molecular weight excluding hydrogens is 1340 g/mol. The van der Waals surface area contributed by atoms with Gasteiger partial charge in [0.25, 0.3) is 0 Å². The summed E-state index contributed by atoms with van der Waals surface area (Å²) in [7, 11) is -0.409. The zero-order valence-corrected chi connectivity index (χ0v) is 61.0. The molecule has 0 bridgehead atoms. The number of para-hydroxylation sites is 2. The normalized spacial score (nSPS) is 12.9. The molecule has 0 saturated carbocycles. The molecule has 1 saturated heterocycles. The van der Waals surface area contributed by atoms with Gasteiger partial charge in [-0.1, -0.05) is 285 Å². The van der Waals surface area contributed by atoms with Gasteiger partial charge in [-0.05, 0) is 179 Å². The Morgan fingerprint density at radius 1 is 0.259 bits per heavy atom. The summed E-state index contributed by atoms with van der Waals surface area (Å²) in [4.78, 5) is 24.7. The van der Waals surface area contributed by atoms with Crippen molar-refractivity contribution in [3.05, 3.63) is 381 Å². The lowest BCUT2D eigenvalue weighted by Gasteiger charge is -2.32. The van der Waals surface area contributed by atoms with Crippen LogP contribution in [0.2, 0.25) is 5.02 Å². The Morgan fingerprint density at radius 2 is 0.537 bits per heavy atom. The maximum atomic E-state index is 6.26. The first-order chi connectivity index (χ1) is 52.9. The average Bonchev–Trinajstić information content (AvgIpc) is 0.938. The Morgan fingerprint density at radius 3 is 0.926 bits per heavy atom. The van der Waals surface area contributed by atoms with E-state index in [-0.39, 0.29) is 11.2 Å². The molecule has 19 rings (SSSR count). The summed E-state index contributed by atoms with van der Waals surface area (Å²) < 4.78 is 12.5. The van der Waals surface area contributed by atoms with Crippen molar-refractivity contribution in [2.75, 3.05) is 9.80 Å². The third-order valence-corrected chi connectivity index (χ3v) is 21.0. The minimum atomic E-state index is -0.409. The van der Waals surface area contributed by atoms with Gasteiger partial charge in [-0.2, -0.15) is 0 Å². The molecule has 518 valence electrons. The molecule has 1 aliphatic heterocycles. The second-order valence-corrected chi connectivity index (χ2v) is 28.5. The van der Waals surface area contributed by atoms with E-state index in [4.69, 9.17) is 40.8 Å². The van der Waals surface area contributed by atoms with Gasteiger partial charge in [-0.15, -0.1) is 0 Å². The quantitative estimate of drug-likeness (QED) is 0.0885. The number of nitrogens with zero attached hydrogens (tertiary/aromatic N) is 6. The van der Waals surface area contributed by atoms with Crippen LogP contribution in [0.4, 0.5) is 34.1 Å². The molecule has 108 heavy (non-hydrogen) atoms. The van der Waals surface area contributed by atoms with Crippen LogP contribution in [-0.4, -0.2) is 38.3 Å². The molecule has 2 aromatic heterocycles. The average molecular weight is 1410 g/mol. The Bertz CT molecular complexity index is 6170. The fourth-order valence-corrected chi connectivity index (χ4v) is 14.6. The number of hydrogen-bond donors (Lipinski definition) is 0. The molecule has 0 radical (unpaired) electrons. The van der Waals surface area contributed by atoms with Crippen molar-refractivity contribution >= 4 is 123 Å². The molecule has 8 nitrogen and oxygen atoms in total. The smallest absolute Gasteiger partial charge is 0.399 e. The van der Waals surface area contributed by atoms with Crippen molar-refractivity contribution in [3.8, 4) is 55.9 Å². The monoisotopic (exact) mass is 1410 g/mol. The van der Waals surface area contributed by atoms with Crippen LogP contribution in [0.1, 0.15) is 27.7 Å². The zero-order chi connectivity index (χ0) is 73.1. The first-order valence-electron chi connectivity index (χ1n) is 36.5. The maximum absolute atomic E-state index is 6.26. The number of fused-ring (bicyclic) bond motifs is 12. The number of anilines is 6. The Hall–Kier alpha value is -12.9. The van der Waals surface area contributed by atoms with Gasteiger partial charge in [-0.3, -0.25) is 9.97 Å². The van der Waals surface area contributed by atoms with E-state index in [9.17, 15) is 0 Å². The van der Waals surface area contributed by atoms with E-state index in [1.807, 2.05) is 60.9 Å². The lowest BCUT2D eigenvalue weighted by Crippen LogP contribution is -2.41. The Balaban J connectivity index is 0.000000126. The third kappa shape index (κ3) is 13.7. The molecule has 18 aromatic rings. The predicted octanol–water partition coefficient (Wildman–Crippen LogP) is 25.8. The second-order valence-electron chi connectivity index (χ2n) is 28.1. The summed E-state index contributed by atoms with van der Waals surface area (Å²) in [5, 5.41) is 10.0. The summed E-state index contributed by atoms with van der Waals surface area (Å²) in [6.45, 7) is 8.28. The van der Waals surface area contributed by atoms with E-state index in [2.05, 4.69) is 353 Å². The highest BCUT2D eigenvalue weighted by Gasteiger charge is 2.51. The van der Waals surface area contributed by atoms with Gasteiger partial charge in [0.05, 0.1) is 57.1 Å². The Kier molecular flexibility index (Phi) is 18.7. The standard InChI is InChI=1S/C46H31N3.C28H25BN2O2.C24H18ClN/c1-3-12-32(13-4-1)33-22-26-38(27-23-33)49(37-16-5-2-6-17-37)39-28-24-34(25-29-39)35-14-11-15-36(30-35)44-31-47-45-42-20-9-7-18-40(42)41-19-8-10-21-43(41)46(45)48-44;1-27(2)28(3,4)33-29(32-27)19-11-9-10-18(16-19)24-17-30-25-22-14-7-5-12-20(22)21-13-6-8-15-23(21)26(25)31-24;25-21-13-17-24(18-14-21)26(22-9-5-2-6-10-22)23-15-11-20(12-16-23)19-7-3-1-4-8-19/h1-31H;5-17H,1-4H3;1-18H. The van der Waals surface area contributed by atoms with Crippen LogP contribution in [0.3, 0.4) is 0 Å². The van der Waals surface area contributed by atoms with Gasteiger partial charge >= 0.3 is 7.12 Å². The molecule has 0 aliphatic carbocycles. The molecule has 3 heterocycles. The van der Waals surface area contributed by atoms with Gasteiger partial charge in [0.2, 0.25) is 0 Å². The molecular formula is C98H74BClN6O2. The lowest BCUT2D eigenvalue weighted by atomic mass is 9.78. The van der Waals surface area contributed by atoms with E-state index < -0.39 is 7.12 Å². The fourth-order valence-electron chi connectivity index (χ4n) is 14.5. The molecule has 0 atom stereocenters. The first-order valence-corrected chi connectivity index (χ1v) is 36.9. The number of rotatable bonds is 12. The van der Waals surface area contributed by atoms with Crippen LogP contribution in [-0.2, 0) is 9.31 Å². The van der Waals surface area contributed by atoms with Crippen LogP contribution < -0.4 is 15.3 Å². The summed E-state index contributed by atoms with van der Waals surface area (Å²) in [6, 6.07) is 127. The largest absolute Gasteiger partial charge is 0.494 e. The van der Waals surface area contributed by atoms with Gasteiger partial charge in [0.15, 0.2) is 0 Å². The zero-order valence-electron chi connectivity index (χ0n) is 60.3. The predicted molar refractivity (Wildman–Crippen MR) is 453 cm³/mol. The molecule has 1 aliphatic rings. The number of benzene rings is 16. The van der Waals surface area contributed by atoms with Crippen molar-refractivity contribution in [1.29, 1.82) is 0 Å². The SMILES string of the molecule is CC1(C)OB(c2cccc(-c3cnc4c5ccccc5c5ccccc5c4n3)c2)OC1(C)C.Clc1ccc(N(c2ccccc2)c2ccc(-c3ccccc3)cc2)cc1.c1ccc(-c2ccc(N(c3ccccc3)c3ccc(-c4cccc(-c5cnc6c7ccccc7c7ccccc7c6n5)c4)cc3)cc2)cc1. The Labute approximate surface area is 634 Å². The summed E-state index contributed by atoms with van der Waals surface area (Å²) in [5.74, 6) is 0. The van der Waals surface area contributed by atoms with E-state index in [0.717, 1.165) is 122 Å². The van der Waals surface area contributed by atoms with E-state index in [0.29, 0.717) is 0 Å². The van der Waals surface area contributed by atoms with Crippen LogP contribution in [0, 0.1) is 0 Å². The minimum Gasteiger partial charge on any atom is -0.399 e. The molecule has 0 spiro atoms. The van der Waals surface area contributed by atoms with Crippen molar-refractivity contribution in [2.24, 2.45) is 0 Å². The van der Waals surface area contributed by atoms with Crippen molar-refractivity contribution in [1.82, 2.24) is 19.9 Å². The van der Waals surface area contributed by atoms with Crippen LogP contribution in [0.15, 0.2) is 376 Å². The number of hydrogen-bond acceptors (Lipinski definition) is 8.